The number of anilines is 1. The molecule has 0 saturated carbocycles. The van der Waals surface area contributed by atoms with Gasteiger partial charge >= 0.3 is 0 Å². The van der Waals surface area contributed by atoms with Crippen LogP contribution in [0.5, 0.6) is 17.2 Å². The molecule has 1 aromatic heterocycles. The Hall–Kier alpha value is -4.01. The molecule has 0 radical (unpaired) electrons. The van der Waals surface area contributed by atoms with E-state index in [-0.39, 0.29) is 11.4 Å². The number of phenolic OH excluding ortho intramolecular Hbond substituents is 1. The highest BCUT2D eigenvalue weighted by molar-refractivity contribution is 5.94. The Morgan fingerprint density at radius 3 is 2.59 bits per heavy atom. The van der Waals surface area contributed by atoms with Crippen LogP contribution in [0.4, 0.5) is 5.69 Å². The van der Waals surface area contributed by atoms with E-state index < -0.39 is 5.91 Å². The van der Waals surface area contributed by atoms with E-state index in [0.717, 1.165) is 18.8 Å². The predicted octanol–water partition coefficient (Wildman–Crippen LogP) is 3.41. The van der Waals surface area contributed by atoms with Crippen LogP contribution in [0.3, 0.4) is 0 Å². The highest BCUT2D eigenvalue weighted by Gasteiger charge is 2.15. The maximum Gasteiger partial charge on any atom is 0.289 e. The molecule has 1 heterocycles. The molecule has 0 aliphatic rings. The highest BCUT2D eigenvalue weighted by atomic mass is 16.5. The molecule has 9 nitrogen and oxygen atoms in total. The second kappa shape index (κ2) is 10.3. The number of methoxy groups -OCH3 is 2. The van der Waals surface area contributed by atoms with Crippen LogP contribution < -0.4 is 19.8 Å². The number of hydrogen-bond acceptors (Lipinski definition) is 7. The summed E-state index contributed by atoms with van der Waals surface area (Å²) >= 11 is 0. The van der Waals surface area contributed by atoms with Crippen molar-refractivity contribution in [3.8, 4) is 28.5 Å². The fraction of sp³-hybridized carbons (Fsp3) is 0.261. The Kier molecular flexibility index (Phi) is 7.33. The number of hydrazone groups is 1. The molecule has 9 heteroatoms. The molecule has 3 rings (SSSR count). The number of ether oxygens (including phenoxy) is 2. The van der Waals surface area contributed by atoms with E-state index >= 15 is 0 Å². The molecule has 1 amide bonds. The van der Waals surface area contributed by atoms with Crippen LogP contribution in [0.25, 0.3) is 11.3 Å². The van der Waals surface area contributed by atoms with Crippen LogP contribution in [-0.4, -0.2) is 54.7 Å². The van der Waals surface area contributed by atoms with Crippen molar-refractivity contribution in [1.29, 1.82) is 0 Å². The lowest BCUT2D eigenvalue weighted by molar-refractivity contribution is 0.0950. The number of hydrogen-bond donors (Lipinski definition) is 3. The minimum absolute atomic E-state index is 0.0846. The molecule has 3 aromatic rings. The summed E-state index contributed by atoms with van der Waals surface area (Å²) in [7, 11) is 3.13. The van der Waals surface area contributed by atoms with Crippen molar-refractivity contribution < 1.29 is 19.4 Å². The monoisotopic (exact) mass is 437 g/mol. The second-order valence-electron chi connectivity index (χ2n) is 6.85. The van der Waals surface area contributed by atoms with Gasteiger partial charge in [-0.2, -0.15) is 10.2 Å². The van der Waals surface area contributed by atoms with E-state index in [9.17, 15) is 9.90 Å². The number of benzene rings is 2. The number of carbonyl (C=O) groups excluding carboxylic acids is 1. The largest absolute Gasteiger partial charge is 0.507 e. The zero-order valence-electron chi connectivity index (χ0n) is 18.5. The maximum atomic E-state index is 12.4. The van der Waals surface area contributed by atoms with Crippen molar-refractivity contribution in [2.24, 2.45) is 5.10 Å². The summed E-state index contributed by atoms with van der Waals surface area (Å²) in [6.45, 7) is 5.79. The van der Waals surface area contributed by atoms with Gasteiger partial charge in [-0.15, -0.1) is 0 Å². The number of phenols is 1. The molecule has 168 valence electrons. The van der Waals surface area contributed by atoms with E-state index in [0.29, 0.717) is 28.3 Å². The van der Waals surface area contributed by atoms with E-state index in [1.165, 1.54) is 6.21 Å². The maximum absolute atomic E-state index is 12.4. The van der Waals surface area contributed by atoms with Crippen molar-refractivity contribution in [3.05, 3.63) is 53.7 Å². The van der Waals surface area contributed by atoms with Crippen LogP contribution in [0.2, 0.25) is 0 Å². The number of aromatic amines is 1. The van der Waals surface area contributed by atoms with Gasteiger partial charge < -0.3 is 19.5 Å². The van der Waals surface area contributed by atoms with Crippen LogP contribution >= 0.6 is 0 Å². The van der Waals surface area contributed by atoms with E-state index in [1.807, 2.05) is 6.07 Å². The lowest BCUT2D eigenvalue weighted by atomic mass is 10.1. The number of aromatic hydroxyl groups is 1. The summed E-state index contributed by atoms with van der Waals surface area (Å²) < 4.78 is 10.6. The number of H-pyrrole nitrogens is 1. The average Bonchev–Trinajstić information content (AvgIpc) is 3.31. The van der Waals surface area contributed by atoms with Gasteiger partial charge in [-0.3, -0.25) is 9.89 Å². The Morgan fingerprint density at radius 1 is 1.16 bits per heavy atom. The third-order valence-corrected chi connectivity index (χ3v) is 5.02. The third-order valence-electron chi connectivity index (χ3n) is 5.02. The molecular weight excluding hydrogens is 410 g/mol. The third kappa shape index (κ3) is 5.00. The van der Waals surface area contributed by atoms with Gasteiger partial charge in [-0.1, -0.05) is 0 Å². The second-order valence-corrected chi connectivity index (χ2v) is 6.85. The highest BCUT2D eigenvalue weighted by Crippen LogP contribution is 2.32. The topological polar surface area (TPSA) is 112 Å². The number of rotatable bonds is 9. The van der Waals surface area contributed by atoms with Gasteiger partial charge in [-0.25, -0.2) is 5.43 Å². The fourth-order valence-corrected chi connectivity index (χ4v) is 3.24. The summed E-state index contributed by atoms with van der Waals surface area (Å²) in [4.78, 5) is 14.6. The molecule has 0 atom stereocenters. The van der Waals surface area contributed by atoms with E-state index in [4.69, 9.17) is 9.47 Å². The molecule has 0 aliphatic heterocycles. The Morgan fingerprint density at radius 2 is 1.94 bits per heavy atom. The van der Waals surface area contributed by atoms with Crippen LogP contribution in [0.15, 0.2) is 47.6 Å². The first-order valence-corrected chi connectivity index (χ1v) is 10.2. The van der Waals surface area contributed by atoms with Crippen LogP contribution in [-0.2, 0) is 0 Å². The van der Waals surface area contributed by atoms with Crippen molar-refractivity contribution in [2.45, 2.75) is 13.8 Å². The van der Waals surface area contributed by atoms with Crippen molar-refractivity contribution in [2.75, 3.05) is 32.2 Å². The minimum Gasteiger partial charge on any atom is -0.507 e. The number of nitrogens with zero attached hydrogens (tertiary/aromatic N) is 3. The predicted molar refractivity (Wildman–Crippen MR) is 124 cm³/mol. The Labute approximate surface area is 186 Å². The van der Waals surface area contributed by atoms with E-state index in [2.05, 4.69) is 39.5 Å². The average molecular weight is 438 g/mol. The first-order chi connectivity index (χ1) is 15.5. The lowest BCUT2D eigenvalue weighted by Crippen LogP contribution is -2.21. The summed E-state index contributed by atoms with van der Waals surface area (Å²) in [6.07, 6.45) is 1.39. The molecule has 0 aliphatic carbocycles. The molecule has 0 spiro atoms. The molecule has 3 N–H and O–H groups in total. The van der Waals surface area contributed by atoms with Gasteiger partial charge in [0, 0.05) is 36.0 Å². The molecule has 0 unspecified atom stereocenters. The van der Waals surface area contributed by atoms with Gasteiger partial charge in [0.25, 0.3) is 5.91 Å². The zero-order chi connectivity index (χ0) is 23.1. The first-order valence-electron chi connectivity index (χ1n) is 10.2. The quantitative estimate of drug-likeness (QED) is 0.349. The number of aromatic nitrogens is 2. The number of nitrogens with one attached hydrogen (secondary N) is 2. The fourth-order valence-electron chi connectivity index (χ4n) is 3.24. The Bertz CT molecular complexity index is 1110. The van der Waals surface area contributed by atoms with Gasteiger partial charge in [0.15, 0.2) is 0 Å². The summed E-state index contributed by atoms with van der Waals surface area (Å²) in [5.41, 5.74) is 5.28. The smallest absolute Gasteiger partial charge is 0.289 e. The molecule has 2 aromatic carbocycles. The van der Waals surface area contributed by atoms with Crippen molar-refractivity contribution in [1.82, 2.24) is 15.6 Å². The summed E-state index contributed by atoms with van der Waals surface area (Å²) in [6, 6.07) is 12.3. The zero-order valence-corrected chi connectivity index (χ0v) is 18.5. The lowest BCUT2D eigenvalue weighted by Gasteiger charge is -2.21. The van der Waals surface area contributed by atoms with Gasteiger partial charge in [-0.05, 0) is 50.2 Å². The minimum atomic E-state index is -0.471. The molecule has 0 bridgehead atoms. The SMILES string of the molecule is CCN(CC)c1ccc(/C=N/NC(=O)c2cc(-c3cc(OC)ccc3OC)n[nH]2)c(O)c1. The normalized spacial score (nSPS) is 10.9. The Balaban J connectivity index is 1.70. The standard InChI is InChI=1S/C23H27N5O4/c1-5-28(6-2)16-8-7-15(21(29)11-16)14-24-27-23(30)20-13-19(25-26-20)18-12-17(31-3)9-10-22(18)32-4/h7-14,29H,5-6H2,1-4H3,(H,25,26)(H,27,30)/b24-14+. The van der Waals surface area contributed by atoms with Gasteiger partial charge in [0.05, 0.1) is 26.1 Å². The van der Waals surface area contributed by atoms with Crippen molar-refractivity contribution in [3.63, 3.8) is 0 Å². The number of amides is 1. The summed E-state index contributed by atoms with van der Waals surface area (Å²) in [5, 5.41) is 21.1. The first kappa shape index (κ1) is 22.7. The van der Waals surface area contributed by atoms with Gasteiger partial charge in [0.1, 0.15) is 22.9 Å². The molecule has 32 heavy (non-hydrogen) atoms. The van der Waals surface area contributed by atoms with E-state index in [1.54, 1.807) is 50.6 Å². The molecule has 0 saturated heterocycles. The van der Waals surface area contributed by atoms with Crippen LogP contribution in [0.1, 0.15) is 29.9 Å². The summed E-state index contributed by atoms with van der Waals surface area (Å²) in [5.74, 6) is 0.861. The molecule has 0 fully saturated rings. The van der Waals surface area contributed by atoms with Crippen molar-refractivity contribution >= 4 is 17.8 Å². The number of carbonyl (C=O) groups is 1. The van der Waals surface area contributed by atoms with Gasteiger partial charge in [0.2, 0.25) is 0 Å². The van der Waals surface area contributed by atoms with Crippen LogP contribution in [0, 0.1) is 0 Å². The molecular formula is C23H27N5O4.